The summed E-state index contributed by atoms with van der Waals surface area (Å²) in [5, 5.41) is -0.111. The smallest absolute Gasteiger partial charge is 0.196 e. The maximum atomic E-state index is 10.3. The SMILES string of the molecule is Nc1nc(C=O)nc(Cl)c1C=O. The van der Waals surface area contributed by atoms with Crippen LogP contribution in [0.4, 0.5) is 5.82 Å². The molecule has 0 fully saturated rings. The molecule has 0 aliphatic heterocycles. The van der Waals surface area contributed by atoms with Crippen LogP contribution in [0.5, 0.6) is 0 Å². The summed E-state index contributed by atoms with van der Waals surface area (Å²) in [7, 11) is 0. The van der Waals surface area contributed by atoms with Gasteiger partial charge in [-0.25, -0.2) is 9.97 Å². The number of halogens is 1. The molecule has 1 rings (SSSR count). The van der Waals surface area contributed by atoms with Crippen LogP contribution in [0.25, 0.3) is 0 Å². The Labute approximate surface area is 72.6 Å². The molecule has 2 N–H and O–H groups in total. The van der Waals surface area contributed by atoms with E-state index in [1.165, 1.54) is 0 Å². The molecule has 0 unspecified atom stereocenters. The molecule has 0 saturated heterocycles. The fraction of sp³-hybridized carbons (Fsp3) is 0. The van der Waals surface area contributed by atoms with Crippen LogP contribution < -0.4 is 5.73 Å². The zero-order chi connectivity index (χ0) is 9.14. The van der Waals surface area contributed by atoms with Gasteiger partial charge in [0, 0.05) is 0 Å². The van der Waals surface area contributed by atoms with Crippen LogP contribution in [0, 0.1) is 0 Å². The molecule has 1 aromatic heterocycles. The predicted octanol–water partition coefficient (Wildman–Crippen LogP) is 0.337. The van der Waals surface area contributed by atoms with Gasteiger partial charge in [0.1, 0.15) is 11.0 Å². The molecule has 6 heteroatoms. The van der Waals surface area contributed by atoms with Crippen LogP contribution in [-0.4, -0.2) is 22.5 Å². The number of rotatable bonds is 2. The van der Waals surface area contributed by atoms with Crippen molar-refractivity contribution in [1.82, 2.24) is 9.97 Å². The van der Waals surface area contributed by atoms with Gasteiger partial charge in [0.25, 0.3) is 0 Å². The van der Waals surface area contributed by atoms with Crippen LogP contribution in [0.15, 0.2) is 0 Å². The van der Waals surface area contributed by atoms with E-state index in [2.05, 4.69) is 9.97 Å². The fourth-order valence-corrected chi connectivity index (χ4v) is 0.865. The van der Waals surface area contributed by atoms with Gasteiger partial charge in [0.2, 0.25) is 0 Å². The Morgan fingerprint density at radius 2 is 1.92 bits per heavy atom. The van der Waals surface area contributed by atoms with Gasteiger partial charge in [-0.2, -0.15) is 0 Å². The topological polar surface area (TPSA) is 85.9 Å². The van der Waals surface area contributed by atoms with Crippen molar-refractivity contribution in [3.63, 3.8) is 0 Å². The van der Waals surface area contributed by atoms with E-state index in [0.29, 0.717) is 12.6 Å². The Bertz CT molecular complexity index is 317. The van der Waals surface area contributed by atoms with Crippen LogP contribution >= 0.6 is 11.6 Å². The summed E-state index contributed by atoms with van der Waals surface area (Å²) < 4.78 is 0. The number of carbonyl (C=O) groups excluding carboxylic acids is 2. The summed E-state index contributed by atoms with van der Waals surface area (Å²) in [4.78, 5) is 27.5. The van der Waals surface area contributed by atoms with Gasteiger partial charge in [-0.3, -0.25) is 9.59 Å². The van der Waals surface area contributed by atoms with Gasteiger partial charge < -0.3 is 5.73 Å². The van der Waals surface area contributed by atoms with Crippen molar-refractivity contribution in [1.29, 1.82) is 0 Å². The number of hydrogen-bond donors (Lipinski definition) is 1. The first-order valence-electron chi connectivity index (χ1n) is 2.92. The molecular weight excluding hydrogens is 182 g/mol. The molecule has 62 valence electrons. The van der Waals surface area contributed by atoms with E-state index < -0.39 is 0 Å². The van der Waals surface area contributed by atoms with E-state index in [0.717, 1.165) is 0 Å². The number of hydrogen-bond acceptors (Lipinski definition) is 5. The Kier molecular flexibility index (Phi) is 2.35. The molecule has 5 nitrogen and oxygen atoms in total. The van der Waals surface area contributed by atoms with Crippen molar-refractivity contribution in [3.8, 4) is 0 Å². The summed E-state index contributed by atoms with van der Waals surface area (Å²) in [5.41, 5.74) is 5.28. The number of anilines is 1. The Morgan fingerprint density at radius 3 is 2.33 bits per heavy atom. The average Bonchev–Trinajstić information content (AvgIpc) is 2.03. The molecule has 0 aliphatic rings. The quantitative estimate of drug-likeness (QED) is 0.530. The Hall–Kier alpha value is -1.49. The number of aromatic nitrogens is 2. The highest BCUT2D eigenvalue weighted by molar-refractivity contribution is 6.32. The zero-order valence-electron chi connectivity index (χ0n) is 5.82. The lowest BCUT2D eigenvalue weighted by molar-refractivity contribution is 0.110. The third-order valence-electron chi connectivity index (χ3n) is 1.17. The zero-order valence-corrected chi connectivity index (χ0v) is 6.58. The third-order valence-corrected chi connectivity index (χ3v) is 1.46. The highest BCUT2D eigenvalue weighted by atomic mass is 35.5. The van der Waals surface area contributed by atoms with Crippen molar-refractivity contribution in [2.24, 2.45) is 0 Å². The lowest BCUT2D eigenvalue weighted by Crippen LogP contribution is -2.03. The minimum atomic E-state index is -0.136. The molecule has 0 amide bonds. The molecule has 0 aliphatic carbocycles. The molecular formula is C6H4ClN3O2. The van der Waals surface area contributed by atoms with Gasteiger partial charge in [-0.05, 0) is 0 Å². The van der Waals surface area contributed by atoms with Crippen LogP contribution in [0.2, 0.25) is 5.15 Å². The largest absolute Gasteiger partial charge is 0.383 e. The van der Waals surface area contributed by atoms with Gasteiger partial charge in [-0.15, -0.1) is 0 Å². The maximum absolute atomic E-state index is 10.3. The van der Waals surface area contributed by atoms with Crippen LogP contribution in [0.3, 0.4) is 0 Å². The summed E-state index contributed by atoms with van der Waals surface area (Å²) in [5.74, 6) is -0.227. The van der Waals surface area contributed by atoms with Crippen molar-refractivity contribution in [2.45, 2.75) is 0 Å². The van der Waals surface area contributed by atoms with Gasteiger partial charge in [0.05, 0.1) is 5.56 Å². The lowest BCUT2D eigenvalue weighted by Gasteiger charge is -1.99. The first-order chi connectivity index (χ1) is 5.69. The molecule has 1 aromatic rings. The molecule has 0 bridgehead atoms. The summed E-state index contributed by atoms with van der Waals surface area (Å²) in [6, 6.07) is 0. The first kappa shape index (κ1) is 8.61. The van der Waals surface area contributed by atoms with Crippen molar-refractivity contribution in [2.75, 3.05) is 5.73 Å². The van der Waals surface area contributed by atoms with E-state index >= 15 is 0 Å². The number of nitrogen functional groups attached to an aromatic ring is 1. The second-order valence-electron chi connectivity index (χ2n) is 1.91. The molecule has 0 saturated carbocycles. The fourth-order valence-electron chi connectivity index (χ4n) is 0.637. The van der Waals surface area contributed by atoms with E-state index in [1.807, 2.05) is 0 Å². The van der Waals surface area contributed by atoms with Crippen LogP contribution in [-0.2, 0) is 0 Å². The van der Waals surface area contributed by atoms with Gasteiger partial charge >= 0.3 is 0 Å². The second-order valence-corrected chi connectivity index (χ2v) is 2.27. The Morgan fingerprint density at radius 1 is 1.25 bits per heavy atom. The van der Waals surface area contributed by atoms with Crippen molar-refractivity contribution in [3.05, 3.63) is 16.5 Å². The standard InChI is InChI=1S/C6H4ClN3O2/c7-5-3(1-11)6(8)10-4(2-12)9-5/h1-2H,(H2,8,9,10). The van der Waals surface area contributed by atoms with E-state index in [4.69, 9.17) is 17.3 Å². The molecule has 0 radical (unpaired) electrons. The number of carbonyl (C=O) groups is 2. The summed E-state index contributed by atoms with van der Waals surface area (Å²) in [6.07, 6.45) is 0.836. The average molecular weight is 186 g/mol. The van der Waals surface area contributed by atoms with E-state index in [-0.39, 0.29) is 22.4 Å². The number of nitrogens with two attached hydrogens (primary N) is 1. The molecule has 12 heavy (non-hydrogen) atoms. The molecule has 0 aromatic carbocycles. The minimum absolute atomic E-state index is 0.00210. The predicted molar refractivity (Wildman–Crippen MR) is 42.2 cm³/mol. The third kappa shape index (κ3) is 1.40. The van der Waals surface area contributed by atoms with E-state index in [1.54, 1.807) is 0 Å². The minimum Gasteiger partial charge on any atom is -0.383 e. The second kappa shape index (κ2) is 3.27. The normalized spacial score (nSPS) is 9.42. The van der Waals surface area contributed by atoms with Crippen molar-refractivity contribution < 1.29 is 9.59 Å². The summed E-state index contributed by atoms with van der Waals surface area (Å²) in [6.45, 7) is 0. The van der Waals surface area contributed by atoms with Gasteiger partial charge in [0.15, 0.2) is 18.4 Å². The number of nitrogens with zero attached hydrogens (tertiary/aromatic N) is 2. The Balaban J connectivity index is 3.36. The van der Waals surface area contributed by atoms with Crippen molar-refractivity contribution >= 4 is 30.0 Å². The first-order valence-corrected chi connectivity index (χ1v) is 3.30. The summed E-state index contributed by atoms with van der Waals surface area (Å²) >= 11 is 5.49. The van der Waals surface area contributed by atoms with Crippen LogP contribution in [0.1, 0.15) is 21.0 Å². The van der Waals surface area contributed by atoms with Gasteiger partial charge in [-0.1, -0.05) is 11.6 Å². The highest BCUT2D eigenvalue weighted by Crippen LogP contribution is 2.15. The highest BCUT2D eigenvalue weighted by Gasteiger charge is 2.08. The maximum Gasteiger partial charge on any atom is 0.196 e. The molecule has 0 spiro atoms. The molecule has 0 atom stereocenters. The number of aldehydes is 2. The lowest BCUT2D eigenvalue weighted by atomic mass is 10.3. The monoisotopic (exact) mass is 185 g/mol. The molecule has 1 heterocycles. The van der Waals surface area contributed by atoms with E-state index in [9.17, 15) is 9.59 Å².